The van der Waals surface area contributed by atoms with Crippen molar-refractivity contribution in [3.05, 3.63) is 30.3 Å². The summed E-state index contributed by atoms with van der Waals surface area (Å²) in [5, 5.41) is 0. The van der Waals surface area contributed by atoms with Gasteiger partial charge in [-0.15, -0.1) is 0 Å². The van der Waals surface area contributed by atoms with Crippen LogP contribution >= 0.6 is 0 Å². The van der Waals surface area contributed by atoms with E-state index in [2.05, 4.69) is 4.72 Å². The standard InChI is InChI=1S/C8H10N2O3S/c9-8(11)6-14(12,13)10-7-4-2-1-3-5-7/h1-5,10H,6H2,(H2,9,11). The molecule has 0 atom stereocenters. The van der Waals surface area contributed by atoms with E-state index in [1.54, 1.807) is 30.3 Å². The summed E-state index contributed by atoms with van der Waals surface area (Å²) in [6, 6.07) is 8.28. The molecule has 0 saturated heterocycles. The average Bonchev–Trinajstić information content (AvgIpc) is 2.02. The molecule has 1 amide bonds. The van der Waals surface area contributed by atoms with Crippen LogP contribution in [0.5, 0.6) is 0 Å². The highest BCUT2D eigenvalue weighted by molar-refractivity contribution is 7.93. The lowest BCUT2D eigenvalue weighted by molar-refractivity contribution is -0.115. The predicted octanol–water partition coefficient (Wildman–Crippen LogP) is -0.0864. The lowest BCUT2D eigenvalue weighted by Gasteiger charge is -2.05. The van der Waals surface area contributed by atoms with Crippen LogP contribution in [0.3, 0.4) is 0 Å². The van der Waals surface area contributed by atoms with Crippen molar-refractivity contribution in [1.29, 1.82) is 0 Å². The fraction of sp³-hybridized carbons (Fsp3) is 0.125. The van der Waals surface area contributed by atoms with Crippen LogP contribution in [0.25, 0.3) is 0 Å². The third kappa shape index (κ3) is 3.44. The van der Waals surface area contributed by atoms with Crippen LogP contribution in [0.2, 0.25) is 0 Å². The van der Waals surface area contributed by atoms with Gasteiger partial charge in [0.25, 0.3) is 0 Å². The van der Waals surface area contributed by atoms with Gasteiger partial charge in [-0.1, -0.05) is 18.2 Å². The molecule has 3 N–H and O–H groups in total. The molecule has 14 heavy (non-hydrogen) atoms. The van der Waals surface area contributed by atoms with Crippen molar-refractivity contribution in [2.45, 2.75) is 0 Å². The monoisotopic (exact) mass is 214 g/mol. The van der Waals surface area contributed by atoms with Crippen molar-refractivity contribution in [3.63, 3.8) is 0 Å². The second-order valence-corrected chi connectivity index (χ2v) is 4.42. The summed E-state index contributed by atoms with van der Waals surface area (Å²) in [5.74, 6) is -1.59. The number of amides is 1. The van der Waals surface area contributed by atoms with Gasteiger partial charge in [0, 0.05) is 5.69 Å². The first kappa shape index (κ1) is 10.5. The van der Waals surface area contributed by atoms with E-state index in [0.717, 1.165) is 0 Å². The summed E-state index contributed by atoms with van der Waals surface area (Å²) >= 11 is 0. The van der Waals surface area contributed by atoms with Crippen molar-refractivity contribution in [3.8, 4) is 0 Å². The summed E-state index contributed by atoms with van der Waals surface area (Å²) < 4.78 is 24.6. The highest BCUT2D eigenvalue weighted by atomic mass is 32.2. The average molecular weight is 214 g/mol. The minimum absolute atomic E-state index is 0.411. The molecule has 0 aliphatic rings. The third-order valence-electron chi connectivity index (χ3n) is 1.38. The number of sulfonamides is 1. The van der Waals surface area contributed by atoms with E-state index in [0.29, 0.717) is 5.69 Å². The maximum atomic E-state index is 11.2. The highest BCUT2D eigenvalue weighted by Gasteiger charge is 2.13. The fourth-order valence-electron chi connectivity index (χ4n) is 0.909. The smallest absolute Gasteiger partial charge is 0.241 e. The number of nitrogens with one attached hydrogen (secondary N) is 1. The van der Waals surface area contributed by atoms with E-state index in [9.17, 15) is 13.2 Å². The Labute approximate surface area is 82.0 Å². The Morgan fingerprint density at radius 1 is 1.29 bits per heavy atom. The molecule has 0 radical (unpaired) electrons. The molecule has 5 nitrogen and oxygen atoms in total. The Bertz CT molecular complexity index is 413. The van der Waals surface area contributed by atoms with Gasteiger partial charge in [0.2, 0.25) is 15.9 Å². The lowest BCUT2D eigenvalue weighted by Crippen LogP contribution is -2.27. The molecule has 0 aromatic heterocycles. The van der Waals surface area contributed by atoms with Gasteiger partial charge in [0.15, 0.2) is 0 Å². The van der Waals surface area contributed by atoms with Gasteiger partial charge in [0.05, 0.1) is 0 Å². The van der Waals surface area contributed by atoms with Crippen LogP contribution < -0.4 is 10.5 Å². The highest BCUT2D eigenvalue weighted by Crippen LogP contribution is 2.07. The number of hydrogen-bond acceptors (Lipinski definition) is 3. The first-order chi connectivity index (χ1) is 6.49. The minimum Gasteiger partial charge on any atom is -0.369 e. The number of para-hydroxylation sites is 1. The molecular weight excluding hydrogens is 204 g/mol. The topological polar surface area (TPSA) is 89.3 Å². The van der Waals surface area contributed by atoms with Crippen LogP contribution in [0, 0.1) is 0 Å². The zero-order chi connectivity index (χ0) is 10.6. The molecule has 0 spiro atoms. The van der Waals surface area contributed by atoms with E-state index >= 15 is 0 Å². The molecule has 0 aliphatic heterocycles. The Morgan fingerprint density at radius 3 is 2.36 bits per heavy atom. The number of carbonyl (C=O) groups is 1. The molecule has 76 valence electrons. The van der Waals surface area contributed by atoms with Gasteiger partial charge in [0.1, 0.15) is 5.75 Å². The Hall–Kier alpha value is -1.56. The maximum absolute atomic E-state index is 11.2. The minimum atomic E-state index is -3.66. The number of rotatable bonds is 4. The zero-order valence-corrected chi connectivity index (χ0v) is 8.12. The first-order valence-electron chi connectivity index (χ1n) is 3.83. The third-order valence-corrected chi connectivity index (χ3v) is 2.59. The van der Waals surface area contributed by atoms with Gasteiger partial charge < -0.3 is 5.73 Å². The summed E-state index contributed by atoms with van der Waals surface area (Å²) in [6.07, 6.45) is 0. The Morgan fingerprint density at radius 2 is 1.86 bits per heavy atom. The van der Waals surface area contributed by atoms with Crippen molar-refractivity contribution in [2.24, 2.45) is 5.73 Å². The lowest BCUT2D eigenvalue weighted by atomic mass is 10.3. The van der Waals surface area contributed by atoms with E-state index in [4.69, 9.17) is 5.73 Å². The van der Waals surface area contributed by atoms with Crippen LogP contribution in [0.1, 0.15) is 0 Å². The number of benzene rings is 1. The zero-order valence-electron chi connectivity index (χ0n) is 7.30. The molecule has 0 saturated carbocycles. The SMILES string of the molecule is NC(=O)CS(=O)(=O)Nc1ccccc1. The van der Waals surface area contributed by atoms with Gasteiger partial charge in [-0.25, -0.2) is 8.42 Å². The summed E-state index contributed by atoms with van der Waals surface area (Å²) in [5.41, 5.74) is 5.19. The van der Waals surface area contributed by atoms with Crippen LogP contribution in [-0.4, -0.2) is 20.1 Å². The molecule has 1 rings (SSSR count). The second-order valence-electron chi connectivity index (χ2n) is 2.69. The maximum Gasteiger partial charge on any atom is 0.241 e. The van der Waals surface area contributed by atoms with E-state index < -0.39 is 21.7 Å². The van der Waals surface area contributed by atoms with Gasteiger partial charge in [-0.05, 0) is 12.1 Å². The number of carbonyl (C=O) groups excluding carboxylic acids is 1. The van der Waals surface area contributed by atoms with Crippen molar-refractivity contribution >= 4 is 21.6 Å². The summed E-state index contributed by atoms with van der Waals surface area (Å²) in [6.45, 7) is 0. The van der Waals surface area contributed by atoms with Gasteiger partial charge in [-0.3, -0.25) is 9.52 Å². The molecule has 0 unspecified atom stereocenters. The molecule has 1 aromatic carbocycles. The molecule has 6 heteroatoms. The van der Waals surface area contributed by atoms with Crippen LogP contribution in [-0.2, 0) is 14.8 Å². The van der Waals surface area contributed by atoms with Crippen molar-refractivity contribution < 1.29 is 13.2 Å². The molecule has 0 fully saturated rings. The van der Waals surface area contributed by atoms with Crippen molar-refractivity contribution in [1.82, 2.24) is 0 Å². The van der Waals surface area contributed by atoms with E-state index in [-0.39, 0.29) is 0 Å². The Balaban J connectivity index is 2.74. The molecule has 0 heterocycles. The van der Waals surface area contributed by atoms with Crippen molar-refractivity contribution in [2.75, 3.05) is 10.5 Å². The van der Waals surface area contributed by atoms with Gasteiger partial charge in [-0.2, -0.15) is 0 Å². The quantitative estimate of drug-likeness (QED) is 0.734. The normalized spacial score (nSPS) is 10.9. The molecule has 1 aromatic rings. The van der Waals surface area contributed by atoms with Crippen LogP contribution in [0.15, 0.2) is 30.3 Å². The van der Waals surface area contributed by atoms with Gasteiger partial charge >= 0.3 is 0 Å². The first-order valence-corrected chi connectivity index (χ1v) is 5.49. The number of anilines is 1. The number of nitrogens with two attached hydrogens (primary N) is 1. The van der Waals surface area contributed by atoms with Crippen LogP contribution in [0.4, 0.5) is 5.69 Å². The second kappa shape index (κ2) is 4.10. The molecule has 0 aliphatic carbocycles. The predicted molar refractivity (Wildman–Crippen MR) is 53.0 cm³/mol. The summed E-state index contributed by atoms with van der Waals surface area (Å²) in [7, 11) is -3.66. The fourth-order valence-corrected chi connectivity index (χ4v) is 1.85. The van der Waals surface area contributed by atoms with E-state index in [1.807, 2.05) is 0 Å². The Kier molecular flexibility index (Phi) is 3.08. The largest absolute Gasteiger partial charge is 0.369 e. The molecular formula is C8H10N2O3S. The molecule has 0 bridgehead atoms. The number of hydrogen-bond donors (Lipinski definition) is 2. The number of primary amides is 1. The summed E-state index contributed by atoms with van der Waals surface area (Å²) in [4.78, 5) is 10.4. The van der Waals surface area contributed by atoms with E-state index in [1.165, 1.54) is 0 Å².